The number of hydrogen-bond donors (Lipinski definition) is 2. The first kappa shape index (κ1) is 22.4. The Hall–Kier alpha value is -3.32. The van der Waals surface area contributed by atoms with E-state index >= 15 is 0 Å². The number of methoxy groups -OCH3 is 2. The lowest BCUT2D eigenvalue weighted by molar-refractivity contribution is 0.0601. The number of H-pyrrole nitrogens is 1. The number of nitrogens with one attached hydrogen (secondary N) is 2. The zero-order chi connectivity index (χ0) is 22.7. The number of benzene rings is 1. The molecule has 1 aromatic carbocycles. The van der Waals surface area contributed by atoms with Gasteiger partial charge in [0.25, 0.3) is 5.56 Å². The van der Waals surface area contributed by atoms with E-state index in [-0.39, 0.29) is 5.56 Å². The smallest absolute Gasteiger partial charge is 0.337 e. The Bertz CT molecular complexity index is 1270. The summed E-state index contributed by atoms with van der Waals surface area (Å²) in [5, 5.41) is 4.22. The lowest BCUT2D eigenvalue weighted by atomic mass is 10.0. The molecule has 0 spiro atoms. The van der Waals surface area contributed by atoms with Crippen molar-refractivity contribution in [2.75, 3.05) is 19.5 Å². The van der Waals surface area contributed by atoms with E-state index in [9.17, 15) is 9.59 Å². The van der Waals surface area contributed by atoms with E-state index < -0.39 is 5.97 Å². The topological polar surface area (TPSA) is 92.8 Å². The van der Waals surface area contributed by atoms with Gasteiger partial charge in [0.05, 0.1) is 36.1 Å². The van der Waals surface area contributed by atoms with Crippen molar-refractivity contribution < 1.29 is 14.3 Å². The molecule has 162 valence electrons. The summed E-state index contributed by atoms with van der Waals surface area (Å²) in [7, 11) is 2.87. The molecule has 8 heteroatoms. The van der Waals surface area contributed by atoms with Crippen LogP contribution < -0.4 is 21.6 Å². The number of aromatic amines is 1. The molecule has 31 heavy (non-hydrogen) atoms. The van der Waals surface area contributed by atoms with Gasteiger partial charge in [-0.25, -0.2) is 4.79 Å². The number of aromatic nitrogens is 1. The standard InChI is InChI=1S/C23H24ClN3O4/c1-6-14-9-12(2)16-11-17(21(28)26-20(16)27-22(14)30-4)13(3)25-19-10-15(23(29)31-5)7-8-18(19)24/h7-8,10-11,25H,3,6,9H2,1-2,4-5H3,(H,26,27,28). The van der Waals surface area contributed by atoms with Gasteiger partial charge in [-0.3, -0.25) is 4.79 Å². The molecule has 0 saturated heterocycles. The van der Waals surface area contributed by atoms with Gasteiger partial charge in [0.1, 0.15) is 5.49 Å². The Morgan fingerprint density at radius 2 is 2.06 bits per heavy atom. The minimum atomic E-state index is -0.492. The highest BCUT2D eigenvalue weighted by Gasteiger charge is 2.15. The van der Waals surface area contributed by atoms with Crippen LogP contribution in [-0.2, 0) is 9.47 Å². The molecule has 0 aliphatic carbocycles. The second-order valence-corrected chi connectivity index (χ2v) is 7.51. The lowest BCUT2D eigenvalue weighted by Gasteiger charge is -2.12. The van der Waals surface area contributed by atoms with Crippen molar-refractivity contribution in [2.45, 2.75) is 26.7 Å². The predicted octanol–water partition coefficient (Wildman–Crippen LogP) is 3.36. The minimum absolute atomic E-state index is 0.325. The molecule has 0 fully saturated rings. The summed E-state index contributed by atoms with van der Waals surface area (Å²) in [5.41, 5.74) is 3.64. The molecular formula is C23H24ClN3O4. The molecule has 1 aliphatic heterocycles. The molecule has 0 saturated carbocycles. The van der Waals surface area contributed by atoms with Crippen LogP contribution in [0.15, 0.2) is 52.1 Å². The number of nitrogens with zero attached hydrogens (tertiary/aromatic N) is 1. The Morgan fingerprint density at radius 1 is 1.32 bits per heavy atom. The highest BCUT2D eigenvalue weighted by Crippen LogP contribution is 2.26. The highest BCUT2D eigenvalue weighted by molar-refractivity contribution is 6.33. The van der Waals surface area contributed by atoms with Gasteiger partial charge < -0.3 is 19.8 Å². The molecule has 3 rings (SSSR count). The van der Waals surface area contributed by atoms with E-state index in [1.54, 1.807) is 31.4 Å². The molecule has 0 unspecified atom stereocenters. The van der Waals surface area contributed by atoms with E-state index in [4.69, 9.17) is 21.1 Å². The number of anilines is 1. The van der Waals surface area contributed by atoms with Gasteiger partial charge in [0.15, 0.2) is 0 Å². The maximum Gasteiger partial charge on any atom is 0.337 e. The number of carbonyl (C=O) groups is 1. The summed E-state index contributed by atoms with van der Waals surface area (Å²) >= 11 is 6.26. The van der Waals surface area contributed by atoms with Gasteiger partial charge in [0, 0.05) is 10.9 Å². The van der Waals surface area contributed by atoms with E-state index in [0.29, 0.717) is 45.3 Å². The van der Waals surface area contributed by atoms with Crippen LogP contribution >= 0.6 is 11.6 Å². The summed E-state index contributed by atoms with van der Waals surface area (Å²) < 4.78 is 10.2. The fourth-order valence-electron chi connectivity index (χ4n) is 3.39. The zero-order valence-corrected chi connectivity index (χ0v) is 18.6. The van der Waals surface area contributed by atoms with Crippen LogP contribution in [0.25, 0.3) is 11.3 Å². The van der Waals surface area contributed by atoms with Gasteiger partial charge in [-0.15, -0.1) is 0 Å². The number of esters is 1. The Morgan fingerprint density at radius 3 is 2.71 bits per heavy atom. The second kappa shape index (κ2) is 9.22. The molecule has 0 bridgehead atoms. The van der Waals surface area contributed by atoms with Crippen LogP contribution in [0.5, 0.6) is 0 Å². The van der Waals surface area contributed by atoms with Gasteiger partial charge in [0.2, 0.25) is 5.88 Å². The zero-order valence-electron chi connectivity index (χ0n) is 17.9. The average Bonchev–Trinajstić information content (AvgIpc) is 2.89. The summed E-state index contributed by atoms with van der Waals surface area (Å²) in [6.45, 7) is 8.03. The molecule has 1 aromatic heterocycles. The van der Waals surface area contributed by atoms with Gasteiger partial charge in [-0.1, -0.05) is 30.7 Å². The Balaban J connectivity index is 2.05. The molecule has 0 amide bonds. The molecule has 2 heterocycles. The largest absolute Gasteiger partial charge is 0.481 e. The van der Waals surface area contributed by atoms with Crippen molar-refractivity contribution in [3.8, 4) is 0 Å². The summed E-state index contributed by atoms with van der Waals surface area (Å²) in [6.07, 6.45) is 1.48. The van der Waals surface area contributed by atoms with Gasteiger partial charge in [-0.05, 0) is 49.6 Å². The molecule has 2 N–H and O–H groups in total. The number of hydrogen-bond acceptors (Lipinski definition) is 6. The first-order chi connectivity index (χ1) is 14.8. The minimum Gasteiger partial charge on any atom is -0.481 e. The number of rotatable bonds is 6. The van der Waals surface area contributed by atoms with E-state index in [1.807, 2.05) is 13.8 Å². The number of fused-ring (bicyclic) bond motifs is 1. The number of ether oxygens (including phenoxy) is 2. The molecule has 0 atom stereocenters. The quantitative estimate of drug-likeness (QED) is 0.670. The summed E-state index contributed by atoms with van der Waals surface area (Å²) in [4.78, 5) is 32.0. The van der Waals surface area contributed by atoms with Crippen LogP contribution in [-0.4, -0.2) is 25.2 Å². The summed E-state index contributed by atoms with van der Waals surface area (Å²) in [6, 6.07) is 6.44. The molecule has 1 aliphatic rings. The van der Waals surface area contributed by atoms with Crippen LogP contribution in [0.1, 0.15) is 42.6 Å². The van der Waals surface area contributed by atoms with Crippen LogP contribution in [0, 0.1) is 0 Å². The van der Waals surface area contributed by atoms with Crippen molar-refractivity contribution in [3.63, 3.8) is 0 Å². The third-order valence-electron chi connectivity index (χ3n) is 5.09. The third-order valence-corrected chi connectivity index (χ3v) is 5.42. The van der Waals surface area contributed by atoms with Gasteiger partial charge >= 0.3 is 5.97 Å². The summed E-state index contributed by atoms with van der Waals surface area (Å²) in [5.74, 6) is 0.0283. The fraction of sp³-hybridized carbons (Fsp3) is 0.261. The second-order valence-electron chi connectivity index (χ2n) is 7.10. The Labute approximate surface area is 184 Å². The van der Waals surface area contributed by atoms with Crippen molar-refractivity contribution in [1.82, 2.24) is 4.98 Å². The number of carbonyl (C=O) groups excluding carboxylic acids is 1. The van der Waals surface area contributed by atoms with Crippen LogP contribution in [0.3, 0.4) is 0 Å². The fourth-order valence-corrected chi connectivity index (χ4v) is 3.56. The number of halogens is 1. The van der Waals surface area contributed by atoms with E-state index in [1.165, 1.54) is 7.11 Å². The third kappa shape index (κ3) is 4.56. The first-order valence-electron chi connectivity index (χ1n) is 9.71. The van der Waals surface area contributed by atoms with Crippen LogP contribution in [0.2, 0.25) is 5.02 Å². The highest BCUT2D eigenvalue weighted by atomic mass is 35.5. The SMILES string of the molecule is C=C(Nc1cc(C(=O)OC)ccc1Cl)c1cc2c([nH]c1=O)=NC(OC)=C(CC)CC=2C. The van der Waals surface area contributed by atoms with Crippen molar-refractivity contribution >= 4 is 34.5 Å². The lowest BCUT2D eigenvalue weighted by Crippen LogP contribution is -2.37. The molecule has 0 radical (unpaired) electrons. The van der Waals surface area contributed by atoms with Crippen LogP contribution in [0.4, 0.5) is 5.69 Å². The first-order valence-corrected chi connectivity index (χ1v) is 10.1. The van der Waals surface area contributed by atoms with Crippen molar-refractivity contribution in [3.05, 3.63) is 79.5 Å². The van der Waals surface area contributed by atoms with E-state index in [0.717, 1.165) is 22.8 Å². The molecule has 2 aromatic rings. The maximum atomic E-state index is 12.8. The Kier molecular flexibility index (Phi) is 6.65. The predicted molar refractivity (Wildman–Crippen MR) is 121 cm³/mol. The monoisotopic (exact) mass is 441 g/mol. The normalized spacial score (nSPS) is 13.1. The number of allylic oxidation sites excluding steroid dienone is 1. The molecule has 7 nitrogen and oxygen atoms in total. The van der Waals surface area contributed by atoms with Crippen molar-refractivity contribution in [2.24, 2.45) is 4.99 Å². The average molecular weight is 442 g/mol. The van der Waals surface area contributed by atoms with E-state index in [2.05, 4.69) is 21.9 Å². The maximum absolute atomic E-state index is 12.8. The number of pyridine rings is 1. The van der Waals surface area contributed by atoms with Gasteiger partial charge in [-0.2, -0.15) is 4.99 Å². The van der Waals surface area contributed by atoms with Crippen molar-refractivity contribution in [1.29, 1.82) is 0 Å². The molecular weight excluding hydrogens is 418 g/mol.